The second kappa shape index (κ2) is 12.2. The highest BCUT2D eigenvalue weighted by molar-refractivity contribution is 14.0. The number of hydrogen-bond acceptors (Lipinski definition) is 3. The molecule has 0 spiro atoms. The highest BCUT2D eigenvalue weighted by atomic mass is 127. The van der Waals surface area contributed by atoms with Crippen molar-refractivity contribution in [3.63, 3.8) is 0 Å². The van der Waals surface area contributed by atoms with Gasteiger partial charge < -0.3 is 15.5 Å². The van der Waals surface area contributed by atoms with Gasteiger partial charge in [0.1, 0.15) is 0 Å². The minimum absolute atomic E-state index is 0. The molecule has 1 atom stereocenters. The summed E-state index contributed by atoms with van der Waals surface area (Å²) in [6.45, 7) is 4.07. The van der Waals surface area contributed by atoms with Crippen molar-refractivity contribution in [2.24, 2.45) is 4.99 Å². The molecule has 2 N–H and O–H groups in total. The molecule has 0 aliphatic heterocycles. The Kier molecular flexibility index (Phi) is 12.0. The van der Waals surface area contributed by atoms with E-state index in [1.807, 2.05) is 7.05 Å². The zero-order chi connectivity index (χ0) is 14.8. The predicted molar refractivity (Wildman–Crippen MR) is 105 cm³/mol. The Morgan fingerprint density at radius 2 is 2.10 bits per heavy atom. The van der Waals surface area contributed by atoms with Crippen molar-refractivity contribution in [2.45, 2.75) is 32.2 Å². The van der Waals surface area contributed by atoms with Crippen LogP contribution in [0.15, 0.2) is 22.5 Å². The first-order chi connectivity index (χ1) is 9.69. The maximum absolute atomic E-state index is 4.28. The Morgan fingerprint density at radius 3 is 2.62 bits per heavy atom. The van der Waals surface area contributed by atoms with Crippen LogP contribution in [0.4, 0.5) is 0 Å². The number of aliphatic imine (C=N–C) groups is 1. The van der Waals surface area contributed by atoms with E-state index in [0.717, 1.165) is 19.0 Å². The van der Waals surface area contributed by atoms with E-state index in [2.05, 4.69) is 59.1 Å². The van der Waals surface area contributed by atoms with Crippen LogP contribution in [-0.4, -0.2) is 45.1 Å². The maximum Gasteiger partial charge on any atom is 0.191 e. The molecule has 0 aliphatic carbocycles. The summed E-state index contributed by atoms with van der Waals surface area (Å²) in [7, 11) is 6.05. The van der Waals surface area contributed by atoms with Crippen LogP contribution < -0.4 is 10.6 Å². The molecule has 1 unspecified atom stereocenters. The van der Waals surface area contributed by atoms with Crippen LogP contribution in [0.1, 0.15) is 37.1 Å². The van der Waals surface area contributed by atoms with Crippen LogP contribution in [0.2, 0.25) is 0 Å². The van der Waals surface area contributed by atoms with Crippen LogP contribution in [0.3, 0.4) is 0 Å². The van der Waals surface area contributed by atoms with Crippen LogP contribution in [-0.2, 0) is 0 Å². The van der Waals surface area contributed by atoms with E-state index in [0.29, 0.717) is 6.04 Å². The average molecular weight is 424 g/mol. The van der Waals surface area contributed by atoms with Gasteiger partial charge in [-0.05, 0) is 32.0 Å². The summed E-state index contributed by atoms with van der Waals surface area (Å²) >= 11 is 1.80. The number of hydrogen-bond donors (Lipinski definition) is 2. The third-order valence-electron chi connectivity index (χ3n) is 3.25. The molecule has 21 heavy (non-hydrogen) atoms. The molecule has 0 saturated carbocycles. The number of likely N-dealkylation sites (N-methyl/N-ethyl adjacent to an activating group) is 1. The molecule has 0 radical (unpaired) electrons. The van der Waals surface area contributed by atoms with Gasteiger partial charge in [-0.25, -0.2) is 0 Å². The van der Waals surface area contributed by atoms with Crippen LogP contribution in [0.5, 0.6) is 0 Å². The normalized spacial score (nSPS) is 12.9. The van der Waals surface area contributed by atoms with Gasteiger partial charge in [0.15, 0.2) is 5.96 Å². The smallest absolute Gasteiger partial charge is 0.191 e. The van der Waals surface area contributed by atoms with Gasteiger partial charge in [0, 0.05) is 25.0 Å². The molecular weight excluding hydrogens is 395 g/mol. The molecule has 1 aromatic heterocycles. The second-order valence-corrected chi connectivity index (χ2v) is 6.06. The SMILES string of the molecule is CCCCCNC(=NC)NCC(c1cccs1)N(C)C.I. The van der Waals surface area contributed by atoms with Crippen LogP contribution in [0.25, 0.3) is 0 Å². The first kappa shape index (κ1) is 20.7. The summed E-state index contributed by atoms with van der Waals surface area (Å²) in [5.41, 5.74) is 0. The lowest BCUT2D eigenvalue weighted by molar-refractivity contribution is 0.302. The number of halogens is 1. The molecular formula is C15H29IN4S. The fraction of sp³-hybridized carbons (Fsp3) is 0.667. The topological polar surface area (TPSA) is 39.7 Å². The molecule has 1 rings (SSSR count). The average Bonchev–Trinajstić information content (AvgIpc) is 2.95. The molecule has 0 aromatic carbocycles. The lowest BCUT2D eigenvalue weighted by Gasteiger charge is -2.24. The molecule has 6 heteroatoms. The van der Waals surface area contributed by atoms with Gasteiger partial charge in [-0.2, -0.15) is 0 Å². The van der Waals surface area contributed by atoms with E-state index < -0.39 is 0 Å². The summed E-state index contributed by atoms with van der Waals surface area (Å²) in [5, 5.41) is 8.92. The summed E-state index contributed by atoms with van der Waals surface area (Å²) < 4.78 is 0. The van der Waals surface area contributed by atoms with Crippen molar-refractivity contribution >= 4 is 41.3 Å². The minimum atomic E-state index is 0. The molecule has 1 heterocycles. The van der Waals surface area contributed by atoms with E-state index in [9.17, 15) is 0 Å². The van der Waals surface area contributed by atoms with E-state index in [4.69, 9.17) is 0 Å². The van der Waals surface area contributed by atoms with Crippen molar-refractivity contribution in [1.82, 2.24) is 15.5 Å². The van der Waals surface area contributed by atoms with Crippen molar-refractivity contribution in [3.8, 4) is 0 Å². The Balaban J connectivity index is 0.00000400. The van der Waals surface area contributed by atoms with Gasteiger partial charge >= 0.3 is 0 Å². The minimum Gasteiger partial charge on any atom is -0.356 e. The van der Waals surface area contributed by atoms with Gasteiger partial charge in [-0.15, -0.1) is 35.3 Å². The van der Waals surface area contributed by atoms with Gasteiger partial charge in [0.05, 0.1) is 6.04 Å². The fourth-order valence-corrected chi connectivity index (χ4v) is 2.94. The van der Waals surface area contributed by atoms with Crippen LogP contribution >= 0.6 is 35.3 Å². The van der Waals surface area contributed by atoms with Crippen molar-refractivity contribution in [1.29, 1.82) is 0 Å². The molecule has 0 saturated heterocycles. The summed E-state index contributed by atoms with van der Waals surface area (Å²) in [6, 6.07) is 4.67. The Labute approximate surface area is 150 Å². The van der Waals surface area contributed by atoms with Gasteiger partial charge in [0.25, 0.3) is 0 Å². The second-order valence-electron chi connectivity index (χ2n) is 5.08. The van der Waals surface area contributed by atoms with Crippen molar-refractivity contribution in [3.05, 3.63) is 22.4 Å². The molecule has 0 fully saturated rings. The van der Waals surface area contributed by atoms with E-state index >= 15 is 0 Å². The lowest BCUT2D eigenvalue weighted by atomic mass is 10.2. The number of rotatable bonds is 8. The predicted octanol–water partition coefficient (Wildman–Crippen LogP) is 3.32. The number of nitrogens with zero attached hydrogens (tertiary/aromatic N) is 2. The molecule has 0 bridgehead atoms. The fourth-order valence-electron chi connectivity index (χ4n) is 2.01. The maximum atomic E-state index is 4.28. The van der Waals surface area contributed by atoms with Gasteiger partial charge in [-0.3, -0.25) is 4.99 Å². The van der Waals surface area contributed by atoms with Crippen LogP contribution in [0, 0.1) is 0 Å². The zero-order valence-corrected chi connectivity index (χ0v) is 16.7. The zero-order valence-electron chi connectivity index (χ0n) is 13.6. The highest BCUT2D eigenvalue weighted by Crippen LogP contribution is 2.22. The van der Waals surface area contributed by atoms with Gasteiger partial charge in [-0.1, -0.05) is 25.8 Å². The van der Waals surface area contributed by atoms with Crippen molar-refractivity contribution in [2.75, 3.05) is 34.2 Å². The van der Waals surface area contributed by atoms with Crippen molar-refractivity contribution < 1.29 is 0 Å². The van der Waals surface area contributed by atoms with E-state index in [1.54, 1.807) is 11.3 Å². The molecule has 0 aliphatic rings. The monoisotopic (exact) mass is 424 g/mol. The number of thiophene rings is 1. The quantitative estimate of drug-likeness (QED) is 0.291. The Bertz CT molecular complexity index is 379. The first-order valence-corrected chi connectivity index (χ1v) is 8.21. The van der Waals surface area contributed by atoms with Gasteiger partial charge in [0.2, 0.25) is 0 Å². The standard InChI is InChI=1S/C15H28N4S.HI/c1-5-6-7-10-17-15(16-2)18-12-13(19(3)4)14-9-8-11-20-14;/h8-9,11,13H,5-7,10,12H2,1-4H3,(H2,16,17,18);1H. The van der Waals surface area contributed by atoms with E-state index in [-0.39, 0.29) is 24.0 Å². The number of unbranched alkanes of at least 4 members (excludes halogenated alkanes) is 2. The molecule has 122 valence electrons. The molecule has 1 aromatic rings. The third-order valence-corrected chi connectivity index (χ3v) is 4.23. The Hall–Kier alpha value is -0.340. The highest BCUT2D eigenvalue weighted by Gasteiger charge is 2.15. The summed E-state index contributed by atoms with van der Waals surface area (Å²) in [5.74, 6) is 0.893. The third kappa shape index (κ3) is 8.01. The number of guanidine groups is 1. The Morgan fingerprint density at radius 1 is 1.33 bits per heavy atom. The molecule has 0 amide bonds. The first-order valence-electron chi connectivity index (χ1n) is 7.33. The number of nitrogens with one attached hydrogen (secondary N) is 2. The van der Waals surface area contributed by atoms with E-state index in [1.165, 1.54) is 24.1 Å². The summed E-state index contributed by atoms with van der Waals surface area (Å²) in [6.07, 6.45) is 3.70. The largest absolute Gasteiger partial charge is 0.356 e. The molecule has 4 nitrogen and oxygen atoms in total. The summed E-state index contributed by atoms with van der Waals surface area (Å²) in [4.78, 5) is 7.90. The lowest BCUT2D eigenvalue weighted by Crippen LogP contribution is -2.41.